The summed E-state index contributed by atoms with van der Waals surface area (Å²) in [5.41, 5.74) is 7.75. The number of halogens is 1. The molecule has 5 rings (SSSR count). The fraction of sp³-hybridized carbons (Fsp3) is 0.0400. The average molecular weight is 432 g/mol. The molecular formula is C25H18ClNO4. The third-order valence-corrected chi connectivity index (χ3v) is 5.36. The van der Waals surface area contributed by atoms with E-state index in [0.29, 0.717) is 22.1 Å². The SMILES string of the molecule is COC(=O)c1ccccc1-c1c2ccc([NH3+])cc2oc2c1ccc1cccc(=O)c12.[Cl-]. The number of rotatable bonds is 2. The zero-order chi connectivity index (χ0) is 20.8. The number of hydrogen-bond acceptors (Lipinski definition) is 4. The van der Waals surface area contributed by atoms with E-state index in [9.17, 15) is 9.59 Å². The Kier molecular flexibility index (Phi) is 5.23. The Bertz CT molecular complexity index is 1540. The van der Waals surface area contributed by atoms with E-state index in [2.05, 4.69) is 5.73 Å². The minimum Gasteiger partial charge on any atom is -1.00 e. The minimum atomic E-state index is -0.424. The Hall–Kier alpha value is -3.67. The molecule has 0 radical (unpaired) electrons. The van der Waals surface area contributed by atoms with E-state index in [4.69, 9.17) is 9.15 Å². The lowest BCUT2D eigenvalue weighted by Crippen LogP contribution is -3.00. The minimum absolute atomic E-state index is 0. The van der Waals surface area contributed by atoms with E-state index in [-0.39, 0.29) is 17.8 Å². The van der Waals surface area contributed by atoms with Gasteiger partial charge in [-0.05, 0) is 41.3 Å². The maximum Gasteiger partial charge on any atom is 0.338 e. The highest BCUT2D eigenvalue weighted by Gasteiger charge is 2.20. The molecule has 0 unspecified atom stereocenters. The van der Waals surface area contributed by atoms with Gasteiger partial charge in [-0.2, -0.15) is 0 Å². The molecule has 4 aromatic carbocycles. The number of methoxy groups -OCH3 is 1. The summed E-state index contributed by atoms with van der Waals surface area (Å²) in [4.78, 5) is 25.2. The van der Waals surface area contributed by atoms with E-state index >= 15 is 0 Å². The number of carbonyl (C=O) groups excluding carboxylic acids is 1. The maximum absolute atomic E-state index is 12.7. The second-order valence-corrected chi connectivity index (χ2v) is 7.14. The van der Waals surface area contributed by atoms with Crippen LogP contribution in [0.3, 0.4) is 0 Å². The first-order valence-electron chi connectivity index (χ1n) is 9.50. The molecule has 154 valence electrons. The first-order chi connectivity index (χ1) is 14.6. The fourth-order valence-corrected chi connectivity index (χ4v) is 4.01. The van der Waals surface area contributed by atoms with Crippen LogP contribution in [0.5, 0.6) is 0 Å². The number of hydrogen-bond donors (Lipinski definition) is 1. The van der Waals surface area contributed by atoms with Gasteiger partial charge in [-0.15, -0.1) is 0 Å². The highest BCUT2D eigenvalue weighted by molar-refractivity contribution is 6.17. The number of esters is 1. The number of fused-ring (bicyclic) bond motifs is 4. The summed E-state index contributed by atoms with van der Waals surface area (Å²) >= 11 is 0. The van der Waals surface area contributed by atoms with Crippen molar-refractivity contribution in [1.29, 1.82) is 0 Å². The zero-order valence-electron chi connectivity index (χ0n) is 16.6. The third-order valence-electron chi connectivity index (χ3n) is 5.36. The summed E-state index contributed by atoms with van der Waals surface area (Å²) in [6.07, 6.45) is 0. The Morgan fingerprint density at radius 1 is 0.935 bits per heavy atom. The molecular weight excluding hydrogens is 414 g/mol. The summed E-state index contributed by atoms with van der Waals surface area (Å²) in [6, 6.07) is 21.9. The van der Waals surface area contributed by atoms with Crippen molar-refractivity contribution in [3.05, 3.63) is 88.6 Å². The summed E-state index contributed by atoms with van der Waals surface area (Å²) in [6.45, 7) is 0. The standard InChI is InChI=1S/C25H17NO4.ClH/c1-29-25(28)17-7-3-2-6-16(17)23-18-12-10-15(26)13-21(18)30-24-19(23)11-9-14-5-4-8-20(27)22(14)24;/h2-13H,26H2,1H3;1H. The topological polar surface area (TPSA) is 84.2 Å². The van der Waals surface area contributed by atoms with Crippen molar-refractivity contribution in [1.82, 2.24) is 0 Å². The largest absolute Gasteiger partial charge is 1.00 e. The maximum atomic E-state index is 12.7. The Morgan fingerprint density at radius 3 is 2.52 bits per heavy atom. The lowest BCUT2D eigenvalue weighted by molar-refractivity contribution is -0.254. The predicted molar refractivity (Wildman–Crippen MR) is 117 cm³/mol. The molecule has 0 spiro atoms. The first-order valence-corrected chi connectivity index (χ1v) is 9.50. The van der Waals surface area contributed by atoms with Crippen LogP contribution < -0.4 is 23.6 Å². The van der Waals surface area contributed by atoms with Gasteiger partial charge >= 0.3 is 5.97 Å². The molecule has 1 aromatic heterocycles. The molecule has 6 heteroatoms. The van der Waals surface area contributed by atoms with Crippen LogP contribution in [0, 0.1) is 0 Å². The number of quaternary nitrogens is 1. The van der Waals surface area contributed by atoms with Gasteiger partial charge in [-0.3, -0.25) is 4.79 Å². The number of ether oxygens (including phenoxy) is 1. The average Bonchev–Trinajstić information content (AvgIpc) is 2.76. The van der Waals surface area contributed by atoms with Gasteiger partial charge in [0, 0.05) is 22.4 Å². The molecule has 0 saturated carbocycles. The van der Waals surface area contributed by atoms with Crippen LogP contribution in [0.2, 0.25) is 0 Å². The van der Waals surface area contributed by atoms with Gasteiger partial charge in [0.2, 0.25) is 0 Å². The van der Waals surface area contributed by atoms with Crippen LogP contribution in [0.25, 0.3) is 43.8 Å². The summed E-state index contributed by atoms with van der Waals surface area (Å²) in [7, 11) is 1.36. The van der Waals surface area contributed by atoms with Crippen LogP contribution in [-0.2, 0) is 4.74 Å². The van der Waals surface area contributed by atoms with Crippen molar-refractivity contribution >= 4 is 44.4 Å². The lowest BCUT2D eigenvalue weighted by atomic mass is 9.92. The van der Waals surface area contributed by atoms with E-state index in [0.717, 1.165) is 33.0 Å². The van der Waals surface area contributed by atoms with Gasteiger partial charge in [0.15, 0.2) is 5.43 Å². The Morgan fingerprint density at radius 2 is 1.71 bits per heavy atom. The lowest BCUT2D eigenvalue weighted by Gasteiger charge is -2.15. The summed E-state index contributed by atoms with van der Waals surface area (Å²) < 4.78 is 11.3. The monoisotopic (exact) mass is 431 g/mol. The highest BCUT2D eigenvalue weighted by atomic mass is 35.5. The van der Waals surface area contributed by atoms with Crippen LogP contribution in [0.1, 0.15) is 10.4 Å². The Labute approximate surface area is 183 Å². The number of carbonyl (C=O) groups is 1. The van der Waals surface area contributed by atoms with E-state index in [1.165, 1.54) is 13.2 Å². The molecule has 0 aliphatic carbocycles. The van der Waals surface area contributed by atoms with Crippen molar-refractivity contribution in [3.8, 4) is 11.1 Å². The van der Waals surface area contributed by atoms with Gasteiger partial charge in [-0.25, -0.2) is 4.79 Å². The molecule has 0 aliphatic rings. The van der Waals surface area contributed by atoms with Crippen molar-refractivity contribution < 1.29 is 32.1 Å². The van der Waals surface area contributed by atoms with E-state index in [1.807, 2.05) is 48.5 Å². The Balaban J connectivity index is 0.00000231. The van der Waals surface area contributed by atoms with Gasteiger partial charge < -0.3 is 27.3 Å². The molecule has 0 fully saturated rings. The van der Waals surface area contributed by atoms with Gasteiger partial charge in [0.05, 0.1) is 18.1 Å². The van der Waals surface area contributed by atoms with Crippen molar-refractivity contribution in [2.45, 2.75) is 0 Å². The molecule has 5 nitrogen and oxygen atoms in total. The molecule has 3 N–H and O–H groups in total. The van der Waals surface area contributed by atoms with Gasteiger partial charge in [0.25, 0.3) is 0 Å². The molecule has 5 aromatic rings. The molecule has 0 atom stereocenters. The fourth-order valence-electron chi connectivity index (χ4n) is 4.01. The van der Waals surface area contributed by atoms with E-state index < -0.39 is 5.97 Å². The quantitative estimate of drug-likeness (QED) is 0.260. The molecule has 0 bridgehead atoms. The molecule has 1 heterocycles. The second kappa shape index (κ2) is 7.87. The van der Waals surface area contributed by atoms with Crippen LogP contribution in [-0.4, -0.2) is 13.1 Å². The van der Waals surface area contributed by atoms with Crippen molar-refractivity contribution in [3.63, 3.8) is 0 Å². The van der Waals surface area contributed by atoms with Gasteiger partial charge in [-0.1, -0.05) is 36.4 Å². The highest BCUT2D eigenvalue weighted by Crippen LogP contribution is 2.40. The van der Waals surface area contributed by atoms with Crippen LogP contribution in [0.15, 0.2) is 82.0 Å². The zero-order valence-corrected chi connectivity index (χ0v) is 17.4. The summed E-state index contributed by atoms with van der Waals surface area (Å²) in [5, 5.41) is 2.90. The van der Waals surface area contributed by atoms with Gasteiger partial charge in [0.1, 0.15) is 16.9 Å². The predicted octanol–water partition coefficient (Wildman–Crippen LogP) is 1.43. The van der Waals surface area contributed by atoms with Crippen molar-refractivity contribution in [2.75, 3.05) is 7.11 Å². The summed E-state index contributed by atoms with van der Waals surface area (Å²) in [5.74, 6) is -0.424. The molecule has 0 aliphatic heterocycles. The van der Waals surface area contributed by atoms with E-state index in [1.54, 1.807) is 18.2 Å². The smallest absolute Gasteiger partial charge is 0.338 e. The molecule has 31 heavy (non-hydrogen) atoms. The third kappa shape index (κ3) is 3.24. The van der Waals surface area contributed by atoms with Crippen molar-refractivity contribution in [2.24, 2.45) is 0 Å². The van der Waals surface area contributed by atoms with Crippen LogP contribution in [0.4, 0.5) is 5.69 Å². The van der Waals surface area contributed by atoms with Crippen LogP contribution >= 0.6 is 0 Å². The normalized spacial score (nSPS) is 10.9. The number of benzene rings is 4. The second-order valence-electron chi connectivity index (χ2n) is 7.14. The molecule has 0 saturated heterocycles. The molecule has 0 amide bonds. The first kappa shape index (κ1) is 20.6.